The normalized spacial score (nSPS) is 10.8. The fraction of sp³-hybridized carbons (Fsp3) is 0.143. The molecule has 0 spiro atoms. The number of benzene rings is 1. The Bertz CT molecular complexity index is 775. The van der Waals surface area contributed by atoms with Crippen molar-refractivity contribution in [2.24, 2.45) is 0 Å². The molecule has 0 atom stereocenters. The average molecular weight is 323 g/mol. The van der Waals surface area contributed by atoms with E-state index in [9.17, 15) is 4.79 Å². The quantitative estimate of drug-likeness (QED) is 0.684. The zero-order valence-electron chi connectivity index (χ0n) is 10.5. The van der Waals surface area contributed by atoms with Gasteiger partial charge in [-0.2, -0.15) is 0 Å². The van der Waals surface area contributed by atoms with Crippen LogP contribution in [0, 0.1) is 0 Å². The van der Waals surface area contributed by atoms with E-state index in [1.807, 2.05) is 29.8 Å². The van der Waals surface area contributed by atoms with Gasteiger partial charge >= 0.3 is 4.87 Å². The minimum absolute atomic E-state index is 0.0640. The van der Waals surface area contributed by atoms with Crippen molar-refractivity contribution in [3.05, 3.63) is 62.1 Å². The lowest BCUT2D eigenvalue weighted by molar-refractivity contribution is 0.784. The van der Waals surface area contributed by atoms with Gasteiger partial charge < -0.3 is 4.57 Å². The smallest absolute Gasteiger partial charge is 0.302 e. The lowest BCUT2D eigenvalue weighted by Gasteiger charge is -2.04. The highest BCUT2D eigenvalue weighted by Crippen LogP contribution is 2.25. The van der Waals surface area contributed by atoms with Crippen molar-refractivity contribution in [2.45, 2.75) is 12.4 Å². The summed E-state index contributed by atoms with van der Waals surface area (Å²) < 4.78 is 1.70. The molecule has 0 bridgehead atoms. The molecular formula is C14H11ClN2OS2. The molecule has 3 rings (SSSR count). The molecule has 6 heteroatoms. The van der Waals surface area contributed by atoms with Gasteiger partial charge in [-0.05, 0) is 11.6 Å². The second-order valence-corrected chi connectivity index (χ2v) is 6.26. The van der Waals surface area contributed by atoms with Crippen LogP contribution in [0.15, 0.2) is 46.0 Å². The van der Waals surface area contributed by atoms with Crippen molar-refractivity contribution < 1.29 is 0 Å². The van der Waals surface area contributed by atoms with Gasteiger partial charge in [-0.25, -0.2) is 4.98 Å². The van der Waals surface area contributed by atoms with Crippen LogP contribution in [0.1, 0.15) is 11.3 Å². The number of rotatable bonds is 4. The van der Waals surface area contributed by atoms with Crippen LogP contribution in [-0.4, -0.2) is 9.55 Å². The van der Waals surface area contributed by atoms with Gasteiger partial charge in [0.15, 0.2) is 0 Å². The van der Waals surface area contributed by atoms with Crippen LogP contribution in [0.3, 0.4) is 0 Å². The van der Waals surface area contributed by atoms with E-state index in [0.717, 1.165) is 21.8 Å². The highest BCUT2D eigenvalue weighted by molar-refractivity contribution is 7.13. The van der Waals surface area contributed by atoms with Gasteiger partial charge in [0.1, 0.15) is 5.01 Å². The molecule has 0 unspecified atom stereocenters. The van der Waals surface area contributed by atoms with E-state index in [1.165, 1.54) is 11.3 Å². The molecule has 2 heterocycles. The first kappa shape index (κ1) is 13.5. The summed E-state index contributed by atoms with van der Waals surface area (Å²) >= 11 is 8.58. The largest absolute Gasteiger partial charge is 0.307 e. The van der Waals surface area contributed by atoms with Crippen molar-refractivity contribution in [1.82, 2.24) is 9.55 Å². The third kappa shape index (κ3) is 2.85. The summed E-state index contributed by atoms with van der Waals surface area (Å²) in [4.78, 5) is 16.1. The highest BCUT2D eigenvalue weighted by Gasteiger charge is 2.06. The van der Waals surface area contributed by atoms with Gasteiger partial charge in [-0.3, -0.25) is 4.79 Å². The predicted octanol–water partition coefficient (Wildman–Crippen LogP) is 3.82. The number of hydrogen-bond acceptors (Lipinski definition) is 4. The number of hydrogen-bond donors (Lipinski definition) is 0. The molecule has 0 radical (unpaired) electrons. The molecule has 20 heavy (non-hydrogen) atoms. The molecular weight excluding hydrogens is 312 g/mol. The molecule has 0 fully saturated rings. The van der Waals surface area contributed by atoms with Crippen LogP contribution in [-0.2, 0) is 12.4 Å². The number of thiazole rings is 2. The van der Waals surface area contributed by atoms with Gasteiger partial charge in [0, 0.05) is 22.5 Å². The Labute approximate surface area is 129 Å². The number of alkyl halides is 1. The zero-order valence-corrected chi connectivity index (χ0v) is 12.8. The maximum atomic E-state index is 11.6. The van der Waals surface area contributed by atoms with Crippen LogP contribution in [0.5, 0.6) is 0 Å². The van der Waals surface area contributed by atoms with Gasteiger partial charge in [-0.1, -0.05) is 29.5 Å². The van der Waals surface area contributed by atoms with E-state index < -0.39 is 0 Å². The molecule has 102 valence electrons. The SMILES string of the molecule is O=c1sccn1Cc1cccc(-c2nc(CCl)cs2)c1. The van der Waals surface area contributed by atoms with E-state index in [4.69, 9.17) is 11.6 Å². The average Bonchev–Trinajstić information content (AvgIpc) is 3.09. The minimum atomic E-state index is 0.0640. The summed E-state index contributed by atoms with van der Waals surface area (Å²) in [7, 11) is 0. The van der Waals surface area contributed by atoms with Crippen LogP contribution in [0.25, 0.3) is 10.6 Å². The molecule has 3 nitrogen and oxygen atoms in total. The molecule has 0 saturated heterocycles. The summed E-state index contributed by atoms with van der Waals surface area (Å²) in [6.45, 7) is 0.587. The standard InChI is InChI=1S/C14H11ClN2OS2/c15-7-12-9-20-13(16-12)11-3-1-2-10(6-11)8-17-4-5-19-14(17)18/h1-6,9H,7-8H2. The Morgan fingerprint density at radius 2 is 2.20 bits per heavy atom. The first-order valence-corrected chi connectivity index (χ1v) is 8.29. The first-order valence-electron chi connectivity index (χ1n) is 6.00. The summed E-state index contributed by atoms with van der Waals surface area (Å²) in [6.07, 6.45) is 1.81. The topological polar surface area (TPSA) is 34.9 Å². The Kier molecular flexibility index (Phi) is 4.00. The summed E-state index contributed by atoms with van der Waals surface area (Å²) in [5.74, 6) is 0.431. The van der Waals surface area contributed by atoms with Gasteiger partial charge in [0.05, 0.1) is 18.1 Å². The van der Waals surface area contributed by atoms with Crippen LogP contribution < -0.4 is 4.87 Å². The van der Waals surface area contributed by atoms with Crippen molar-refractivity contribution in [3.63, 3.8) is 0 Å². The zero-order chi connectivity index (χ0) is 13.9. The Balaban J connectivity index is 1.89. The maximum Gasteiger partial charge on any atom is 0.307 e. The highest BCUT2D eigenvalue weighted by atomic mass is 35.5. The lowest BCUT2D eigenvalue weighted by Crippen LogP contribution is -2.12. The molecule has 0 aliphatic carbocycles. The van der Waals surface area contributed by atoms with Crippen molar-refractivity contribution in [2.75, 3.05) is 0 Å². The Hall–Kier alpha value is -1.43. The minimum Gasteiger partial charge on any atom is -0.302 e. The third-order valence-corrected chi connectivity index (χ3v) is 4.77. The summed E-state index contributed by atoms with van der Waals surface area (Å²) in [6, 6.07) is 8.10. The number of aromatic nitrogens is 2. The van der Waals surface area contributed by atoms with E-state index >= 15 is 0 Å². The van der Waals surface area contributed by atoms with E-state index in [2.05, 4.69) is 11.1 Å². The van der Waals surface area contributed by atoms with Gasteiger partial charge in [0.25, 0.3) is 0 Å². The Morgan fingerprint density at radius 3 is 2.90 bits per heavy atom. The molecule has 0 N–H and O–H groups in total. The molecule has 3 aromatic rings. The fourth-order valence-corrected chi connectivity index (χ4v) is 3.54. The second kappa shape index (κ2) is 5.91. The monoisotopic (exact) mass is 322 g/mol. The molecule has 0 aliphatic heterocycles. The van der Waals surface area contributed by atoms with Crippen molar-refractivity contribution >= 4 is 34.3 Å². The van der Waals surface area contributed by atoms with Gasteiger partial charge in [-0.15, -0.1) is 22.9 Å². The Morgan fingerprint density at radius 1 is 1.30 bits per heavy atom. The van der Waals surface area contributed by atoms with Crippen molar-refractivity contribution in [3.8, 4) is 10.6 Å². The molecule has 1 aromatic carbocycles. The molecule has 0 amide bonds. The number of halogens is 1. The lowest BCUT2D eigenvalue weighted by atomic mass is 10.1. The molecule has 2 aromatic heterocycles. The van der Waals surface area contributed by atoms with Crippen LogP contribution in [0.2, 0.25) is 0 Å². The number of nitrogens with zero attached hydrogens (tertiary/aromatic N) is 2. The van der Waals surface area contributed by atoms with Crippen LogP contribution >= 0.6 is 34.3 Å². The fourth-order valence-electron chi connectivity index (χ4n) is 1.91. The maximum absolute atomic E-state index is 11.6. The molecule has 0 aliphatic rings. The predicted molar refractivity (Wildman–Crippen MR) is 84.8 cm³/mol. The van der Waals surface area contributed by atoms with Crippen LogP contribution in [0.4, 0.5) is 0 Å². The second-order valence-electron chi connectivity index (χ2n) is 4.27. The summed E-state index contributed by atoms with van der Waals surface area (Å²) in [5.41, 5.74) is 3.05. The van der Waals surface area contributed by atoms with E-state index in [-0.39, 0.29) is 4.87 Å². The molecule has 0 saturated carbocycles. The summed E-state index contributed by atoms with van der Waals surface area (Å²) in [5, 5.41) is 4.73. The third-order valence-electron chi connectivity index (χ3n) is 2.86. The van der Waals surface area contributed by atoms with Crippen molar-refractivity contribution in [1.29, 1.82) is 0 Å². The van der Waals surface area contributed by atoms with E-state index in [0.29, 0.717) is 12.4 Å². The van der Waals surface area contributed by atoms with E-state index in [1.54, 1.807) is 21.3 Å². The van der Waals surface area contributed by atoms with Gasteiger partial charge in [0.2, 0.25) is 0 Å². The first-order chi connectivity index (χ1) is 9.76.